The van der Waals surface area contributed by atoms with E-state index in [2.05, 4.69) is 37.0 Å². The van der Waals surface area contributed by atoms with E-state index in [0.29, 0.717) is 23.8 Å². The van der Waals surface area contributed by atoms with Gasteiger partial charge in [0.05, 0.1) is 5.82 Å². The molecule has 0 aliphatic carbocycles. The van der Waals surface area contributed by atoms with E-state index in [-0.39, 0.29) is 37.2 Å². The van der Waals surface area contributed by atoms with Crippen molar-refractivity contribution in [3.63, 3.8) is 0 Å². The molecule has 3 nitrogen and oxygen atoms in total. The number of hydrogen-bond acceptors (Lipinski definition) is 2. The normalized spacial score (nSPS) is 11.2. The van der Waals surface area contributed by atoms with Crippen LogP contribution in [0, 0.1) is 23.1 Å². The van der Waals surface area contributed by atoms with Crippen LogP contribution in [0.4, 0.5) is 8.78 Å². The first-order valence-corrected chi connectivity index (χ1v) is 7.70. The first-order valence-electron chi connectivity index (χ1n) is 7.70. The topological polar surface area (TPSA) is 30.7 Å². The van der Waals surface area contributed by atoms with Gasteiger partial charge in [0.15, 0.2) is 5.82 Å². The third kappa shape index (κ3) is 4.59. The molecule has 0 aliphatic heterocycles. The van der Waals surface area contributed by atoms with Crippen molar-refractivity contribution in [2.45, 2.75) is 27.3 Å². The van der Waals surface area contributed by atoms with Crippen LogP contribution in [-0.4, -0.2) is 14.8 Å². The molecule has 0 saturated heterocycles. The number of hydrogen-bond donors (Lipinski definition) is 0. The second kappa shape index (κ2) is 7.54. The Bertz CT molecular complexity index is 772. The van der Waals surface area contributed by atoms with Crippen LogP contribution in [0.15, 0.2) is 42.5 Å². The Morgan fingerprint density at radius 3 is 2.08 bits per heavy atom. The number of aromatic nitrogens is 3. The molecule has 0 spiro atoms. The zero-order chi connectivity index (χ0) is 17.3. The summed E-state index contributed by atoms with van der Waals surface area (Å²) in [4.78, 5) is 0. The maximum Gasteiger partial charge on any atom is 0.154 e. The van der Waals surface area contributed by atoms with Crippen molar-refractivity contribution in [3.05, 3.63) is 60.2 Å². The van der Waals surface area contributed by atoms with Crippen molar-refractivity contribution in [2.75, 3.05) is 0 Å². The summed E-state index contributed by atoms with van der Waals surface area (Å²) in [6, 6.07) is 13.3. The Balaban J connectivity index is 0.00000225. The van der Waals surface area contributed by atoms with Gasteiger partial charge in [-0.2, -0.15) is 5.10 Å². The molecule has 0 amide bonds. The molecule has 2 aromatic carbocycles. The van der Waals surface area contributed by atoms with Gasteiger partial charge in [-0.15, -0.1) is 34.9 Å². The Labute approximate surface area is 159 Å². The average Bonchev–Trinajstić information content (AvgIpc) is 2.90. The molecular formula is C19H18F2IrN3-. The van der Waals surface area contributed by atoms with Gasteiger partial charge in [-0.1, -0.05) is 20.8 Å². The largest absolute Gasteiger partial charge is 0.347 e. The van der Waals surface area contributed by atoms with Crippen LogP contribution in [0.3, 0.4) is 0 Å². The summed E-state index contributed by atoms with van der Waals surface area (Å²) in [5, 5.41) is 8.54. The van der Waals surface area contributed by atoms with Gasteiger partial charge in [-0.3, -0.25) is 4.39 Å². The van der Waals surface area contributed by atoms with E-state index in [1.807, 2.05) is 4.57 Å². The third-order valence-corrected chi connectivity index (χ3v) is 3.50. The molecule has 0 aliphatic rings. The quantitative estimate of drug-likeness (QED) is 0.470. The van der Waals surface area contributed by atoms with Crippen molar-refractivity contribution in [3.8, 4) is 22.8 Å². The van der Waals surface area contributed by atoms with Crippen molar-refractivity contribution in [1.82, 2.24) is 14.8 Å². The SMILES string of the molecule is CC(C)(C)Cn1c(-c2[c-]cc(F)cc2)nnc1-c1ccc(F)cc1.[Ir]. The van der Waals surface area contributed by atoms with E-state index in [4.69, 9.17) is 0 Å². The van der Waals surface area contributed by atoms with Gasteiger partial charge in [-0.05, 0) is 29.7 Å². The number of benzene rings is 2. The van der Waals surface area contributed by atoms with E-state index in [1.54, 1.807) is 18.2 Å². The number of nitrogens with zero attached hydrogens (tertiary/aromatic N) is 3. The molecule has 0 saturated carbocycles. The van der Waals surface area contributed by atoms with Crippen LogP contribution < -0.4 is 0 Å². The van der Waals surface area contributed by atoms with Gasteiger partial charge >= 0.3 is 0 Å². The minimum Gasteiger partial charge on any atom is -0.347 e. The van der Waals surface area contributed by atoms with Crippen LogP contribution in [-0.2, 0) is 26.7 Å². The fraction of sp³-hybridized carbons (Fsp3) is 0.263. The van der Waals surface area contributed by atoms with Crippen molar-refractivity contribution < 1.29 is 28.9 Å². The maximum absolute atomic E-state index is 13.2. The summed E-state index contributed by atoms with van der Waals surface area (Å²) in [6.45, 7) is 6.99. The summed E-state index contributed by atoms with van der Waals surface area (Å²) in [5.74, 6) is 0.619. The smallest absolute Gasteiger partial charge is 0.154 e. The molecule has 3 rings (SSSR count). The van der Waals surface area contributed by atoms with Crippen LogP contribution in [0.1, 0.15) is 20.8 Å². The van der Waals surface area contributed by atoms with Crippen LogP contribution >= 0.6 is 0 Å². The molecule has 3 aromatic rings. The number of rotatable bonds is 3. The van der Waals surface area contributed by atoms with Crippen LogP contribution in [0.25, 0.3) is 22.8 Å². The minimum atomic E-state index is -0.348. The van der Waals surface area contributed by atoms with Gasteiger partial charge in [-0.25, -0.2) is 4.39 Å². The Hall–Kier alpha value is -1.91. The second-order valence-electron chi connectivity index (χ2n) is 6.92. The van der Waals surface area contributed by atoms with Gasteiger partial charge in [0, 0.05) is 38.0 Å². The van der Waals surface area contributed by atoms with E-state index in [1.165, 1.54) is 24.3 Å². The van der Waals surface area contributed by atoms with Gasteiger partial charge in [0.1, 0.15) is 5.82 Å². The fourth-order valence-corrected chi connectivity index (χ4v) is 2.48. The molecule has 133 valence electrons. The molecule has 1 aromatic heterocycles. The molecule has 0 bridgehead atoms. The van der Waals surface area contributed by atoms with E-state index >= 15 is 0 Å². The van der Waals surface area contributed by atoms with Gasteiger partial charge in [0.25, 0.3) is 0 Å². The predicted molar refractivity (Wildman–Crippen MR) is 89.1 cm³/mol. The Morgan fingerprint density at radius 1 is 0.920 bits per heavy atom. The summed E-state index contributed by atoms with van der Waals surface area (Å²) in [6.07, 6.45) is 0. The van der Waals surface area contributed by atoms with Crippen molar-refractivity contribution in [1.29, 1.82) is 0 Å². The zero-order valence-corrected chi connectivity index (χ0v) is 16.6. The van der Waals surface area contributed by atoms with E-state index in [0.717, 1.165) is 5.56 Å². The molecular weight excluding hydrogens is 500 g/mol. The first-order chi connectivity index (χ1) is 11.3. The Kier molecular flexibility index (Phi) is 5.86. The molecule has 0 N–H and O–H groups in total. The molecule has 1 radical (unpaired) electrons. The zero-order valence-electron chi connectivity index (χ0n) is 14.2. The number of halogens is 2. The monoisotopic (exact) mass is 519 g/mol. The van der Waals surface area contributed by atoms with E-state index in [9.17, 15) is 8.78 Å². The first kappa shape index (κ1) is 19.4. The standard InChI is InChI=1S/C19H18F2N3.Ir/c1-19(2,3)12-24-17(13-4-8-15(20)9-5-13)22-23-18(24)14-6-10-16(21)11-7-14;/h4-6,8-11H,12H2,1-3H3;/q-1;. The molecule has 0 fully saturated rings. The molecule has 0 atom stereocenters. The van der Waals surface area contributed by atoms with Gasteiger partial charge in [0.2, 0.25) is 0 Å². The summed E-state index contributed by atoms with van der Waals surface area (Å²) >= 11 is 0. The predicted octanol–water partition coefficient (Wildman–Crippen LogP) is 4.73. The molecule has 0 unspecified atom stereocenters. The van der Waals surface area contributed by atoms with Crippen LogP contribution in [0.5, 0.6) is 0 Å². The Morgan fingerprint density at radius 2 is 1.52 bits per heavy atom. The van der Waals surface area contributed by atoms with E-state index < -0.39 is 0 Å². The summed E-state index contributed by atoms with van der Waals surface area (Å²) < 4.78 is 28.3. The molecule has 6 heteroatoms. The van der Waals surface area contributed by atoms with Gasteiger partial charge < -0.3 is 4.57 Å². The fourth-order valence-electron chi connectivity index (χ4n) is 2.48. The average molecular weight is 519 g/mol. The van der Waals surface area contributed by atoms with Crippen molar-refractivity contribution >= 4 is 0 Å². The summed E-state index contributed by atoms with van der Waals surface area (Å²) in [5.41, 5.74) is 1.43. The van der Waals surface area contributed by atoms with Crippen molar-refractivity contribution in [2.24, 2.45) is 5.41 Å². The second-order valence-corrected chi connectivity index (χ2v) is 6.92. The maximum atomic E-state index is 13.2. The summed E-state index contributed by atoms with van der Waals surface area (Å²) in [7, 11) is 0. The van der Waals surface area contributed by atoms with Crippen LogP contribution in [0.2, 0.25) is 0 Å². The minimum absolute atomic E-state index is 0. The molecule has 25 heavy (non-hydrogen) atoms. The molecule has 1 heterocycles. The third-order valence-electron chi connectivity index (χ3n) is 3.50.